The molecule has 0 saturated carbocycles. The molecule has 2 unspecified atom stereocenters. The third-order valence-electron chi connectivity index (χ3n) is 3.16. The van der Waals surface area contributed by atoms with E-state index < -0.39 is 0 Å². The number of likely N-dealkylation sites (tertiary alicyclic amines) is 1. The van der Waals surface area contributed by atoms with Gasteiger partial charge in [-0.3, -0.25) is 4.79 Å². The number of carbonyl (C=O) groups excluding carboxylic acids is 1. The fourth-order valence-corrected chi connectivity index (χ4v) is 2.24. The molecule has 0 aliphatic carbocycles. The number of amides is 1. The molecule has 2 atom stereocenters. The standard InChI is InChI=1S/C12H20N2O/c1-3-4-7-12(15)14-8-5-6-10(2)11(14)9-13/h1,10-11H,4-9,13H2,2H3. The Hall–Kier alpha value is -1.01. The van der Waals surface area contributed by atoms with Crippen LogP contribution < -0.4 is 5.73 Å². The van der Waals surface area contributed by atoms with Crippen LogP contribution in [0.25, 0.3) is 0 Å². The summed E-state index contributed by atoms with van der Waals surface area (Å²) in [5.74, 6) is 3.18. The lowest BCUT2D eigenvalue weighted by molar-refractivity contribution is -0.135. The first-order chi connectivity index (χ1) is 7.20. The van der Waals surface area contributed by atoms with Gasteiger partial charge in [-0.15, -0.1) is 12.3 Å². The first kappa shape index (κ1) is 12.1. The van der Waals surface area contributed by atoms with Crippen LogP contribution in [-0.2, 0) is 4.79 Å². The fourth-order valence-electron chi connectivity index (χ4n) is 2.24. The second-order valence-electron chi connectivity index (χ2n) is 4.21. The number of terminal acetylenes is 1. The maximum atomic E-state index is 11.8. The van der Waals surface area contributed by atoms with Crippen molar-refractivity contribution in [1.29, 1.82) is 0 Å². The molecule has 1 amide bonds. The molecule has 0 aromatic rings. The third kappa shape index (κ3) is 2.97. The molecule has 1 heterocycles. The van der Waals surface area contributed by atoms with Crippen molar-refractivity contribution in [3.8, 4) is 12.3 Å². The maximum Gasteiger partial charge on any atom is 0.223 e. The molecule has 0 aromatic carbocycles. The molecule has 1 rings (SSSR count). The van der Waals surface area contributed by atoms with Crippen molar-refractivity contribution >= 4 is 5.91 Å². The van der Waals surface area contributed by atoms with E-state index in [2.05, 4.69) is 12.8 Å². The molecule has 3 heteroatoms. The normalized spacial score (nSPS) is 26.1. The summed E-state index contributed by atoms with van der Waals surface area (Å²) in [6, 6.07) is 0.212. The van der Waals surface area contributed by atoms with Gasteiger partial charge in [-0.05, 0) is 18.8 Å². The number of hydrogen-bond donors (Lipinski definition) is 1. The van der Waals surface area contributed by atoms with Crippen molar-refractivity contribution in [1.82, 2.24) is 4.90 Å². The average molecular weight is 208 g/mol. The van der Waals surface area contributed by atoms with Crippen molar-refractivity contribution in [2.45, 2.75) is 38.6 Å². The van der Waals surface area contributed by atoms with Crippen LogP contribution in [0.15, 0.2) is 0 Å². The molecular formula is C12H20N2O. The summed E-state index contributed by atoms with van der Waals surface area (Å²) < 4.78 is 0. The summed E-state index contributed by atoms with van der Waals surface area (Å²) in [4.78, 5) is 13.8. The van der Waals surface area contributed by atoms with Crippen LogP contribution in [-0.4, -0.2) is 29.9 Å². The van der Waals surface area contributed by atoms with Crippen LogP contribution >= 0.6 is 0 Å². The minimum Gasteiger partial charge on any atom is -0.338 e. The van der Waals surface area contributed by atoms with Gasteiger partial charge in [0.15, 0.2) is 0 Å². The number of piperidine rings is 1. The Morgan fingerprint density at radius 3 is 3.00 bits per heavy atom. The van der Waals surface area contributed by atoms with Gasteiger partial charge in [0.05, 0.1) is 0 Å². The maximum absolute atomic E-state index is 11.8. The van der Waals surface area contributed by atoms with Crippen molar-refractivity contribution in [2.24, 2.45) is 11.7 Å². The van der Waals surface area contributed by atoms with Crippen molar-refractivity contribution in [3.63, 3.8) is 0 Å². The van der Waals surface area contributed by atoms with E-state index in [0.717, 1.165) is 13.0 Å². The van der Waals surface area contributed by atoms with Gasteiger partial charge in [-0.2, -0.15) is 0 Å². The van der Waals surface area contributed by atoms with Crippen LogP contribution in [0.4, 0.5) is 0 Å². The summed E-state index contributed by atoms with van der Waals surface area (Å²) in [7, 11) is 0. The number of hydrogen-bond acceptors (Lipinski definition) is 2. The van der Waals surface area contributed by atoms with E-state index in [0.29, 0.717) is 25.3 Å². The van der Waals surface area contributed by atoms with E-state index in [-0.39, 0.29) is 11.9 Å². The smallest absolute Gasteiger partial charge is 0.223 e. The highest BCUT2D eigenvalue weighted by molar-refractivity contribution is 5.77. The van der Waals surface area contributed by atoms with Crippen LogP contribution in [0.3, 0.4) is 0 Å². The van der Waals surface area contributed by atoms with E-state index in [9.17, 15) is 4.79 Å². The lowest BCUT2D eigenvalue weighted by Crippen LogP contribution is -2.51. The van der Waals surface area contributed by atoms with Crippen molar-refractivity contribution < 1.29 is 4.79 Å². The fraction of sp³-hybridized carbons (Fsp3) is 0.750. The minimum absolute atomic E-state index is 0.162. The second kappa shape index (κ2) is 5.77. The van der Waals surface area contributed by atoms with Gasteiger partial charge in [-0.25, -0.2) is 0 Å². The number of rotatable bonds is 3. The highest BCUT2D eigenvalue weighted by atomic mass is 16.2. The van der Waals surface area contributed by atoms with Gasteiger partial charge in [-0.1, -0.05) is 6.92 Å². The summed E-state index contributed by atoms with van der Waals surface area (Å²) in [5.41, 5.74) is 5.72. The molecule has 0 radical (unpaired) electrons. The first-order valence-corrected chi connectivity index (χ1v) is 5.63. The lowest BCUT2D eigenvalue weighted by Gasteiger charge is -2.39. The Balaban J connectivity index is 2.57. The monoisotopic (exact) mass is 208 g/mol. The first-order valence-electron chi connectivity index (χ1n) is 5.63. The molecule has 15 heavy (non-hydrogen) atoms. The Morgan fingerprint density at radius 2 is 2.40 bits per heavy atom. The van der Waals surface area contributed by atoms with Crippen LogP contribution in [0.5, 0.6) is 0 Å². The SMILES string of the molecule is C#CCCC(=O)N1CCCC(C)C1CN. The van der Waals surface area contributed by atoms with Gasteiger partial charge in [0, 0.05) is 32.0 Å². The van der Waals surface area contributed by atoms with Gasteiger partial charge in [0.25, 0.3) is 0 Å². The van der Waals surface area contributed by atoms with E-state index in [1.54, 1.807) is 0 Å². The van der Waals surface area contributed by atoms with Crippen LogP contribution in [0, 0.1) is 18.3 Å². The highest BCUT2D eigenvalue weighted by Crippen LogP contribution is 2.23. The van der Waals surface area contributed by atoms with Crippen LogP contribution in [0.1, 0.15) is 32.6 Å². The second-order valence-corrected chi connectivity index (χ2v) is 4.21. The largest absolute Gasteiger partial charge is 0.338 e. The third-order valence-corrected chi connectivity index (χ3v) is 3.16. The number of nitrogens with two attached hydrogens (primary N) is 1. The quantitative estimate of drug-likeness (QED) is 0.703. The molecule has 3 nitrogen and oxygen atoms in total. The molecule has 0 aromatic heterocycles. The Morgan fingerprint density at radius 1 is 1.67 bits per heavy atom. The molecule has 1 fully saturated rings. The number of nitrogens with zero attached hydrogens (tertiary/aromatic N) is 1. The van der Waals surface area contributed by atoms with Crippen molar-refractivity contribution in [3.05, 3.63) is 0 Å². The lowest BCUT2D eigenvalue weighted by atomic mass is 9.90. The van der Waals surface area contributed by atoms with E-state index in [1.165, 1.54) is 6.42 Å². The summed E-state index contributed by atoms with van der Waals surface area (Å²) in [6.07, 6.45) is 8.39. The summed E-state index contributed by atoms with van der Waals surface area (Å²) >= 11 is 0. The summed E-state index contributed by atoms with van der Waals surface area (Å²) in [5, 5.41) is 0. The molecular weight excluding hydrogens is 188 g/mol. The highest BCUT2D eigenvalue weighted by Gasteiger charge is 2.29. The topological polar surface area (TPSA) is 46.3 Å². The van der Waals surface area contributed by atoms with Crippen molar-refractivity contribution in [2.75, 3.05) is 13.1 Å². The minimum atomic E-state index is 0.162. The molecule has 1 saturated heterocycles. The zero-order valence-corrected chi connectivity index (χ0v) is 9.41. The van der Waals surface area contributed by atoms with Gasteiger partial charge < -0.3 is 10.6 Å². The molecule has 2 N–H and O–H groups in total. The number of carbonyl (C=O) groups is 1. The Bertz CT molecular complexity index is 257. The summed E-state index contributed by atoms with van der Waals surface area (Å²) in [6.45, 7) is 3.57. The Kier molecular flexibility index (Phi) is 4.64. The molecule has 1 aliphatic rings. The van der Waals surface area contributed by atoms with E-state index in [4.69, 9.17) is 12.2 Å². The van der Waals surface area contributed by atoms with E-state index >= 15 is 0 Å². The predicted octanol–water partition coefficient (Wildman–Crippen LogP) is 0.986. The van der Waals surface area contributed by atoms with Gasteiger partial charge >= 0.3 is 0 Å². The zero-order chi connectivity index (χ0) is 11.3. The molecule has 0 bridgehead atoms. The van der Waals surface area contributed by atoms with Crippen LogP contribution in [0.2, 0.25) is 0 Å². The molecule has 84 valence electrons. The van der Waals surface area contributed by atoms with E-state index in [1.807, 2.05) is 4.90 Å². The molecule has 1 aliphatic heterocycles. The molecule has 0 spiro atoms. The zero-order valence-electron chi connectivity index (χ0n) is 9.41. The predicted molar refractivity (Wildman–Crippen MR) is 61.0 cm³/mol. The van der Waals surface area contributed by atoms with Gasteiger partial charge in [0.1, 0.15) is 0 Å². The Labute approximate surface area is 92.0 Å². The van der Waals surface area contributed by atoms with Gasteiger partial charge in [0.2, 0.25) is 5.91 Å². The average Bonchev–Trinajstić information content (AvgIpc) is 2.25.